The molecule has 1 fully saturated rings. The molecule has 0 spiro atoms. The summed E-state index contributed by atoms with van der Waals surface area (Å²) >= 11 is 0. The van der Waals surface area contributed by atoms with E-state index in [0.29, 0.717) is 25.8 Å². The number of carbonyl (C=O) groups excluding carboxylic acids is 1. The Morgan fingerprint density at radius 1 is 1.30 bits per heavy atom. The molecule has 5 nitrogen and oxygen atoms in total. The van der Waals surface area contributed by atoms with Gasteiger partial charge in [-0.2, -0.15) is 0 Å². The van der Waals surface area contributed by atoms with Crippen molar-refractivity contribution in [3.8, 4) is 0 Å². The van der Waals surface area contributed by atoms with Crippen LogP contribution < -0.4 is 0 Å². The van der Waals surface area contributed by atoms with E-state index < -0.39 is 23.2 Å². The third-order valence-electron chi connectivity index (χ3n) is 4.24. The van der Waals surface area contributed by atoms with Crippen molar-refractivity contribution in [1.82, 2.24) is 4.90 Å². The highest BCUT2D eigenvalue weighted by atomic mass is 16.6. The molecule has 23 heavy (non-hydrogen) atoms. The molecule has 0 saturated carbocycles. The number of benzene rings is 1. The second kappa shape index (κ2) is 6.22. The minimum absolute atomic E-state index is 0.300. The molecule has 1 aromatic carbocycles. The van der Waals surface area contributed by atoms with Gasteiger partial charge in [0, 0.05) is 13.0 Å². The topological polar surface area (TPSA) is 66.8 Å². The average molecular weight is 319 g/mol. The number of likely N-dealkylation sites (tertiary alicyclic amines) is 1. The van der Waals surface area contributed by atoms with Gasteiger partial charge in [-0.15, -0.1) is 0 Å². The molecule has 0 aliphatic carbocycles. The molecule has 0 radical (unpaired) electrons. The van der Waals surface area contributed by atoms with Crippen molar-refractivity contribution in [2.24, 2.45) is 0 Å². The summed E-state index contributed by atoms with van der Waals surface area (Å²) in [6, 6.07) is 7.69. The molecule has 1 amide bonds. The third-order valence-corrected chi connectivity index (χ3v) is 4.24. The van der Waals surface area contributed by atoms with E-state index in [2.05, 4.69) is 0 Å². The SMILES string of the molecule is Cc1ccccc1CC1(C(=O)O)CCCN1C(=O)OC(C)(C)C. The maximum atomic E-state index is 12.5. The van der Waals surface area contributed by atoms with Gasteiger partial charge in [0.1, 0.15) is 11.1 Å². The molecule has 5 heteroatoms. The summed E-state index contributed by atoms with van der Waals surface area (Å²) in [5.74, 6) is -0.968. The van der Waals surface area contributed by atoms with Crippen molar-refractivity contribution in [3.05, 3.63) is 35.4 Å². The summed E-state index contributed by atoms with van der Waals surface area (Å²) in [4.78, 5) is 26.0. The van der Waals surface area contributed by atoms with Crippen molar-refractivity contribution in [1.29, 1.82) is 0 Å². The van der Waals surface area contributed by atoms with E-state index in [9.17, 15) is 14.7 Å². The minimum Gasteiger partial charge on any atom is -0.479 e. The van der Waals surface area contributed by atoms with Crippen LogP contribution in [-0.4, -0.2) is 39.8 Å². The Morgan fingerprint density at radius 2 is 1.96 bits per heavy atom. The lowest BCUT2D eigenvalue weighted by Crippen LogP contribution is -2.55. The molecule has 0 aromatic heterocycles. The van der Waals surface area contributed by atoms with E-state index in [-0.39, 0.29) is 0 Å². The summed E-state index contributed by atoms with van der Waals surface area (Å²) in [6.07, 6.45) is 0.854. The van der Waals surface area contributed by atoms with E-state index in [4.69, 9.17) is 4.74 Å². The van der Waals surface area contributed by atoms with E-state index in [0.717, 1.165) is 11.1 Å². The zero-order valence-electron chi connectivity index (χ0n) is 14.3. The summed E-state index contributed by atoms with van der Waals surface area (Å²) < 4.78 is 5.42. The summed E-state index contributed by atoms with van der Waals surface area (Å²) in [5, 5.41) is 9.88. The summed E-state index contributed by atoms with van der Waals surface area (Å²) in [6.45, 7) is 7.71. The van der Waals surface area contributed by atoms with E-state index in [1.807, 2.05) is 31.2 Å². The van der Waals surface area contributed by atoms with Crippen LogP contribution in [0, 0.1) is 6.92 Å². The predicted octanol–water partition coefficient (Wildman–Crippen LogP) is 3.39. The number of carboxylic acid groups (broad SMARTS) is 1. The van der Waals surface area contributed by atoms with Crippen molar-refractivity contribution in [2.45, 2.75) is 58.1 Å². The first-order chi connectivity index (χ1) is 10.7. The highest BCUT2D eigenvalue weighted by Crippen LogP contribution is 2.35. The van der Waals surface area contributed by atoms with Gasteiger partial charge in [-0.3, -0.25) is 4.90 Å². The number of ether oxygens (including phenoxy) is 1. The van der Waals surface area contributed by atoms with Gasteiger partial charge in [0.2, 0.25) is 0 Å². The number of aryl methyl sites for hydroxylation is 1. The normalized spacial score (nSPS) is 21.3. The highest BCUT2D eigenvalue weighted by molar-refractivity contribution is 5.85. The van der Waals surface area contributed by atoms with Gasteiger partial charge in [-0.1, -0.05) is 24.3 Å². The standard InChI is InChI=1S/C18H25NO4/c1-13-8-5-6-9-14(13)12-18(15(20)21)10-7-11-19(18)16(22)23-17(2,3)4/h5-6,8-9H,7,10-12H2,1-4H3,(H,20,21). The Morgan fingerprint density at radius 3 is 2.52 bits per heavy atom. The summed E-state index contributed by atoms with van der Waals surface area (Å²) in [5.41, 5.74) is 0.107. The zero-order chi connectivity index (χ0) is 17.3. The largest absolute Gasteiger partial charge is 0.479 e. The number of rotatable bonds is 3. The molecule has 1 atom stereocenters. The third kappa shape index (κ3) is 3.66. The number of carboxylic acids is 1. The number of nitrogens with zero attached hydrogens (tertiary/aromatic N) is 1. The van der Waals surface area contributed by atoms with Gasteiger partial charge in [-0.25, -0.2) is 9.59 Å². The molecule has 1 saturated heterocycles. The number of amides is 1. The van der Waals surface area contributed by atoms with Gasteiger partial charge in [0.05, 0.1) is 0 Å². The first-order valence-electron chi connectivity index (χ1n) is 7.94. The average Bonchev–Trinajstić information content (AvgIpc) is 2.84. The second-order valence-electron chi connectivity index (χ2n) is 7.18. The number of hydrogen-bond acceptors (Lipinski definition) is 3. The monoisotopic (exact) mass is 319 g/mol. The van der Waals surface area contributed by atoms with Crippen LogP contribution in [0.2, 0.25) is 0 Å². The first-order valence-corrected chi connectivity index (χ1v) is 7.94. The van der Waals surface area contributed by atoms with Crippen LogP contribution in [0.3, 0.4) is 0 Å². The Labute approximate surface area is 137 Å². The highest BCUT2D eigenvalue weighted by Gasteiger charge is 2.51. The van der Waals surface area contributed by atoms with Crippen LogP contribution in [0.15, 0.2) is 24.3 Å². The molecule has 1 N–H and O–H groups in total. The van der Waals surface area contributed by atoms with Gasteiger partial charge in [-0.05, 0) is 51.7 Å². The second-order valence-corrected chi connectivity index (χ2v) is 7.18. The van der Waals surface area contributed by atoms with E-state index in [1.54, 1.807) is 20.8 Å². The van der Waals surface area contributed by atoms with Crippen molar-refractivity contribution < 1.29 is 19.4 Å². The smallest absolute Gasteiger partial charge is 0.411 e. The quantitative estimate of drug-likeness (QED) is 0.927. The molecule has 1 aromatic rings. The fourth-order valence-electron chi connectivity index (χ4n) is 3.07. The molecule has 1 aliphatic rings. The van der Waals surface area contributed by atoms with Gasteiger partial charge in [0.15, 0.2) is 0 Å². The number of carbonyl (C=O) groups is 2. The molecular formula is C18H25NO4. The van der Waals surface area contributed by atoms with E-state index >= 15 is 0 Å². The van der Waals surface area contributed by atoms with Gasteiger partial charge in [0.25, 0.3) is 0 Å². The lowest BCUT2D eigenvalue weighted by atomic mass is 9.86. The molecule has 1 unspecified atom stereocenters. The maximum Gasteiger partial charge on any atom is 0.411 e. The number of hydrogen-bond donors (Lipinski definition) is 1. The van der Waals surface area contributed by atoms with E-state index in [1.165, 1.54) is 4.90 Å². The van der Waals surface area contributed by atoms with Gasteiger partial charge < -0.3 is 9.84 Å². The van der Waals surface area contributed by atoms with Crippen LogP contribution in [0.1, 0.15) is 44.7 Å². The van der Waals surface area contributed by atoms with Crippen LogP contribution in [0.5, 0.6) is 0 Å². The maximum absolute atomic E-state index is 12.5. The van der Waals surface area contributed by atoms with Crippen molar-refractivity contribution >= 4 is 12.1 Å². The molecule has 2 rings (SSSR count). The fraction of sp³-hybridized carbons (Fsp3) is 0.556. The van der Waals surface area contributed by atoms with Crippen LogP contribution in [0.4, 0.5) is 4.79 Å². The minimum atomic E-state index is -1.23. The van der Waals surface area contributed by atoms with Crippen LogP contribution >= 0.6 is 0 Å². The fourth-order valence-corrected chi connectivity index (χ4v) is 3.07. The molecule has 126 valence electrons. The molecular weight excluding hydrogens is 294 g/mol. The Bertz CT molecular complexity index is 605. The Hall–Kier alpha value is -2.04. The Balaban J connectivity index is 2.33. The van der Waals surface area contributed by atoms with Crippen LogP contribution in [0.25, 0.3) is 0 Å². The Kier molecular flexibility index (Phi) is 4.68. The predicted molar refractivity (Wildman–Crippen MR) is 87.4 cm³/mol. The zero-order valence-corrected chi connectivity index (χ0v) is 14.3. The summed E-state index contributed by atoms with van der Waals surface area (Å²) in [7, 11) is 0. The molecule has 1 aliphatic heterocycles. The molecule has 0 bridgehead atoms. The van der Waals surface area contributed by atoms with Crippen LogP contribution in [-0.2, 0) is 16.0 Å². The van der Waals surface area contributed by atoms with Crippen molar-refractivity contribution in [2.75, 3.05) is 6.54 Å². The number of aliphatic carboxylic acids is 1. The molecule has 1 heterocycles. The lowest BCUT2D eigenvalue weighted by Gasteiger charge is -2.36. The first kappa shape index (κ1) is 17.3. The lowest BCUT2D eigenvalue weighted by molar-refractivity contribution is -0.149. The van der Waals surface area contributed by atoms with Gasteiger partial charge >= 0.3 is 12.1 Å². The van der Waals surface area contributed by atoms with Crippen molar-refractivity contribution in [3.63, 3.8) is 0 Å².